The summed E-state index contributed by atoms with van der Waals surface area (Å²) in [6, 6.07) is 1.85. The fourth-order valence-corrected chi connectivity index (χ4v) is 0.392. The molecule has 0 spiro atoms. The predicted octanol–water partition coefficient (Wildman–Crippen LogP) is 0.498. The van der Waals surface area contributed by atoms with Gasteiger partial charge < -0.3 is 5.73 Å². The number of hydrogen-bond donors (Lipinski definition) is 1. The van der Waals surface area contributed by atoms with Crippen LogP contribution >= 0.6 is 0 Å². The van der Waals surface area contributed by atoms with Crippen molar-refractivity contribution < 1.29 is 4.79 Å². The Morgan fingerprint density at radius 1 is 1.70 bits per heavy atom. The van der Waals surface area contributed by atoms with Gasteiger partial charge in [0.1, 0.15) is 12.4 Å². The summed E-state index contributed by atoms with van der Waals surface area (Å²) < 4.78 is 0. The van der Waals surface area contributed by atoms with Crippen LogP contribution in [0.1, 0.15) is 6.92 Å². The zero-order valence-electron chi connectivity index (χ0n) is 5.66. The van der Waals surface area contributed by atoms with E-state index in [-0.39, 0.29) is 0 Å². The van der Waals surface area contributed by atoms with Crippen molar-refractivity contribution >= 4 is 6.29 Å². The van der Waals surface area contributed by atoms with Gasteiger partial charge in [0.2, 0.25) is 0 Å². The van der Waals surface area contributed by atoms with Crippen LogP contribution in [0.2, 0.25) is 0 Å². The summed E-state index contributed by atoms with van der Waals surface area (Å²) >= 11 is 0. The Balaban J connectivity index is 4.43. The minimum absolute atomic E-state index is 0.326. The SMILES string of the molecule is C/C(N)=C(C#N)/C=C/C=O. The third kappa shape index (κ3) is 2.68. The van der Waals surface area contributed by atoms with Gasteiger partial charge in [-0.3, -0.25) is 4.79 Å². The normalized spacial score (nSPS) is 12.4. The van der Waals surface area contributed by atoms with Crippen LogP contribution in [0, 0.1) is 11.3 Å². The Labute approximate surface area is 59.4 Å². The molecular formula is C7H8N2O. The molecule has 0 aromatic carbocycles. The Morgan fingerprint density at radius 3 is 2.60 bits per heavy atom. The van der Waals surface area contributed by atoms with Crippen molar-refractivity contribution in [3.63, 3.8) is 0 Å². The maximum atomic E-state index is 9.79. The Kier molecular flexibility index (Phi) is 3.66. The molecule has 0 aliphatic heterocycles. The Morgan fingerprint density at radius 2 is 2.30 bits per heavy atom. The van der Waals surface area contributed by atoms with E-state index >= 15 is 0 Å². The molecule has 3 heteroatoms. The molecule has 0 saturated heterocycles. The summed E-state index contributed by atoms with van der Waals surface area (Å²) in [5.74, 6) is 0. The lowest BCUT2D eigenvalue weighted by Gasteiger charge is -1.89. The molecule has 0 rings (SSSR count). The van der Waals surface area contributed by atoms with Gasteiger partial charge in [0.15, 0.2) is 0 Å². The highest BCUT2D eigenvalue weighted by Crippen LogP contribution is 1.96. The minimum atomic E-state index is 0.326. The summed E-state index contributed by atoms with van der Waals surface area (Å²) in [6.45, 7) is 1.60. The highest BCUT2D eigenvalue weighted by molar-refractivity contribution is 5.66. The molecule has 0 heterocycles. The lowest BCUT2D eigenvalue weighted by Crippen LogP contribution is -1.94. The van der Waals surface area contributed by atoms with Crippen LogP contribution in [0.25, 0.3) is 0 Å². The van der Waals surface area contributed by atoms with E-state index in [1.54, 1.807) is 6.92 Å². The summed E-state index contributed by atoms with van der Waals surface area (Å²) in [7, 11) is 0. The van der Waals surface area contributed by atoms with Crippen molar-refractivity contribution in [2.75, 3.05) is 0 Å². The monoisotopic (exact) mass is 136 g/mol. The Hall–Kier alpha value is -1.56. The smallest absolute Gasteiger partial charge is 0.142 e. The first-order chi connectivity index (χ1) is 4.72. The number of carbonyl (C=O) groups excluding carboxylic acids is 1. The van der Waals surface area contributed by atoms with Crippen LogP contribution in [-0.4, -0.2) is 6.29 Å². The number of rotatable bonds is 2. The number of nitrogens with zero attached hydrogens (tertiary/aromatic N) is 1. The van der Waals surface area contributed by atoms with Crippen LogP contribution in [0.5, 0.6) is 0 Å². The maximum absolute atomic E-state index is 9.79. The molecular weight excluding hydrogens is 128 g/mol. The first kappa shape index (κ1) is 8.44. The van der Waals surface area contributed by atoms with Crippen LogP contribution < -0.4 is 5.73 Å². The van der Waals surface area contributed by atoms with Crippen molar-refractivity contribution in [1.82, 2.24) is 0 Å². The molecule has 2 N–H and O–H groups in total. The van der Waals surface area contributed by atoms with E-state index in [1.807, 2.05) is 6.07 Å². The number of allylic oxidation sites excluding steroid dienone is 4. The fraction of sp³-hybridized carbons (Fsp3) is 0.143. The molecule has 0 radical (unpaired) electrons. The number of carbonyl (C=O) groups is 1. The van der Waals surface area contributed by atoms with Crippen molar-refractivity contribution in [2.24, 2.45) is 5.73 Å². The molecule has 0 amide bonds. The van der Waals surface area contributed by atoms with Crippen molar-refractivity contribution in [3.8, 4) is 6.07 Å². The molecule has 0 aliphatic rings. The summed E-state index contributed by atoms with van der Waals surface area (Å²) in [5.41, 5.74) is 6.02. The average molecular weight is 136 g/mol. The molecule has 0 atom stereocenters. The molecule has 0 aromatic rings. The second-order valence-corrected chi connectivity index (χ2v) is 1.70. The van der Waals surface area contributed by atoms with Gasteiger partial charge in [0.25, 0.3) is 0 Å². The highest BCUT2D eigenvalue weighted by Gasteiger charge is 1.89. The zero-order valence-corrected chi connectivity index (χ0v) is 5.66. The van der Waals surface area contributed by atoms with Crippen molar-refractivity contribution in [2.45, 2.75) is 6.92 Å². The molecule has 0 saturated carbocycles. The van der Waals surface area contributed by atoms with E-state index in [2.05, 4.69) is 0 Å². The quantitative estimate of drug-likeness (QED) is 0.260. The summed E-state index contributed by atoms with van der Waals surface area (Å²) in [4.78, 5) is 9.79. The topological polar surface area (TPSA) is 66.9 Å². The van der Waals surface area contributed by atoms with Crippen LogP contribution in [-0.2, 0) is 4.79 Å². The van der Waals surface area contributed by atoms with E-state index < -0.39 is 0 Å². The van der Waals surface area contributed by atoms with E-state index in [1.165, 1.54) is 12.2 Å². The molecule has 10 heavy (non-hydrogen) atoms. The van der Waals surface area contributed by atoms with Gasteiger partial charge in [-0.05, 0) is 19.1 Å². The first-order valence-corrected chi connectivity index (χ1v) is 2.70. The molecule has 3 nitrogen and oxygen atoms in total. The van der Waals surface area contributed by atoms with Gasteiger partial charge >= 0.3 is 0 Å². The molecule has 0 aromatic heterocycles. The van der Waals surface area contributed by atoms with Gasteiger partial charge in [-0.25, -0.2) is 0 Å². The van der Waals surface area contributed by atoms with Gasteiger partial charge in [-0.15, -0.1) is 0 Å². The number of nitrogens with two attached hydrogens (primary N) is 1. The van der Waals surface area contributed by atoms with E-state index in [4.69, 9.17) is 11.0 Å². The average Bonchev–Trinajstić information content (AvgIpc) is 1.89. The lowest BCUT2D eigenvalue weighted by molar-refractivity contribution is -0.104. The largest absolute Gasteiger partial charge is 0.401 e. The van der Waals surface area contributed by atoms with Crippen LogP contribution in [0.3, 0.4) is 0 Å². The van der Waals surface area contributed by atoms with Crippen LogP contribution in [0.4, 0.5) is 0 Å². The second kappa shape index (κ2) is 4.33. The van der Waals surface area contributed by atoms with Gasteiger partial charge in [0, 0.05) is 5.70 Å². The molecule has 0 unspecified atom stereocenters. The lowest BCUT2D eigenvalue weighted by atomic mass is 10.2. The van der Waals surface area contributed by atoms with Gasteiger partial charge in [-0.1, -0.05) is 0 Å². The van der Waals surface area contributed by atoms with E-state index in [0.29, 0.717) is 17.6 Å². The zero-order chi connectivity index (χ0) is 7.98. The molecule has 52 valence electrons. The van der Waals surface area contributed by atoms with Gasteiger partial charge in [-0.2, -0.15) is 5.26 Å². The number of hydrogen-bond acceptors (Lipinski definition) is 3. The first-order valence-electron chi connectivity index (χ1n) is 2.70. The fourth-order valence-electron chi connectivity index (χ4n) is 0.392. The summed E-state index contributed by atoms with van der Waals surface area (Å²) in [6.07, 6.45) is 3.21. The highest BCUT2D eigenvalue weighted by atomic mass is 16.1. The predicted molar refractivity (Wildman–Crippen MR) is 37.7 cm³/mol. The Bertz CT molecular complexity index is 216. The third-order valence-corrected chi connectivity index (χ3v) is 0.887. The molecule has 0 bridgehead atoms. The molecule has 0 fully saturated rings. The van der Waals surface area contributed by atoms with Gasteiger partial charge in [0.05, 0.1) is 5.57 Å². The minimum Gasteiger partial charge on any atom is -0.401 e. The number of aldehydes is 1. The summed E-state index contributed by atoms with van der Waals surface area (Å²) in [5, 5.41) is 8.37. The number of nitriles is 1. The van der Waals surface area contributed by atoms with Crippen molar-refractivity contribution in [1.29, 1.82) is 5.26 Å². The van der Waals surface area contributed by atoms with E-state index in [9.17, 15) is 4.79 Å². The van der Waals surface area contributed by atoms with Crippen LogP contribution in [0.15, 0.2) is 23.4 Å². The third-order valence-electron chi connectivity index (χ3n) is 0.887. The second-order valence-electron chi connectivity index (χ2n) is 1.70. The standard InChI is InChI=1S/C7H8N2O/c1-6(9)7(5-8)3-2-4-10/h2-4H,9H2,1H3/b3-2+,7-6+. The maximum Gasteiger partial charge on any atom is 0.142 e. The van der Waals surface area contributed by atoms with Crippen molar-refractivity contribution in [3.05, 3.63) is 23.4 Å². The molecule has 0 aliphatic carbocycles. The van der Waals surface area contributed by atoms with E-state index in [0.717, 1.165) is 0 Å².